The van der Waals surface area contributed by atoms with Crippen molar-refractivity contribution < 1.29 is 18.7 Å². The van der Waals surface area contributed by atoms with Crippen molar-refractivity contribution in [3.05, 3.63) is 52.1 Å². The molecule has 0 saturated carbocycles. The Labute approximate surface area is 213 Å². The number of carbonyl (C=O) groups is 1. The van der Waals surface area contributed by atoms with Gasteiger partial charge in [-0.15, -0.1) is 11.8 Å². The van der Waals surface area contributed by atoms with Crippen molar-refractivity contribution in [1.82, 2.24) is 9.88 Å². The van der Waals surface area contributed by atoms with E-state index in [1.54, 1.807) is 11.8 Å². The van der Waals surface area contributed by atoms with Crippen LogP contribution >= 0.6 is 27.7 Å². The van der Waals surface area contributed by atoms with Crippen molar-refractivity contribution in [2.45, 2.75) is 44.6 Å². The molecule has 1 fully saturated rings. The molecule has 0 aliphatic carbocycles. The van der Waals surface area contributed by atoms with E-state index in [2.05, 4.69) is 25.8 Å². The number of alkyl halides is 1. The molecule has 0 unspecified atom stereocenters. The van der Waals surface area contributed by atoms with Crippen LogP contribution in [0.3, 0.4) is 0 Å². The number of benzene rings is 1. The highest BCUT2D eigenvalue weighted by Crippen LogP contribution is 2.44. The lowest BCUT2D eigenvalue weighted by Gasteiger charge is -2.22. The molecule has 1 saturated heterocycles. The van der Waals surface area contributed by atoms with Crippen LogP contribution in [0.2, 0.25) is 0 Å². The Hall–Kier alpha value is -1.90. The molecule has 0 spiro atoms. The predicted molar refractivity (Wildman–Crippen MR) is 138 cm³/mol. The van der Waals surface area contributed by atoms with Gasteiger partial charge in [-0.25, -0.2) is 4.98 Å². The molecule has 1 atom stereocenters. The second-order valence-electron chi connectivity index (χ2n) is 9.62. The monoisotopic (exact) mass is 548 g/mol. The molecule has 2 aromatic rings. The fourth-order valence-corrected chi connectivity index (χ4v) is 5.71. The van der Waals surface area contributed by atoms with Crippen molar-refractivity contribution >= 4 is 39.2 Å². The number of nitrogens with zero attached hydrogens (tertiary/aromatic N) is 2. The number of thioether (sulfide) groups is 1. The standard InChI is InChI=1S/C26H30BrFN2O3S/c1-26(2,3)25(31)33-18-6-7-20-22(13-18)34-16-21(27)24(20)17-5-8-23(29-14-17)32-19-9-12-30(15-19)11-4-10-28/h5-8,13-14,19H,4,9-12,15-16H2,1-3H3/t19-/m0/s1. The molecule has 0 N–H and O–H groups in total. The predicted octanol–water partition coefficient (Wildman–Crippen LogP) is 6.11. The van der Waals surface area contributed by atoms with E-state index in [1.807, 2.05) is 57.3 Å². The third kappa shape index (κ3) is 6.01. The molecule has 4 rings (SSSR count). The van der Waals surface area contributed by atoms with Gasteiger partial charge in [0.25, 0.3) is 0 Å². The molecule has 2 aliphatic heterocycles. The zero-order valence-corrected chi connectivity index (χ0v) is 22.2. The van der Waals surface area contributed by atoms with Crippen LogP contribution in [0.1, 0.15) is 44.7 Å². The Morgan fingerprint density at radius 1 is 1.29 bits per heavy atom. The van der Waals surface area contributed by atoms with Gasteiger partial charge in [0, 0.05) is 58.2 Å². The van der Waals surface area contributed by atoms with E-state index in [1.165, 1.54) is 0 Å². The number of likely N-dealkylation sites (tertiary alicyclic amines) is 1. The lowest BCUT2D eigenvalue weighted by Crippen LogP contribution is -2.26. The SMILES string of the molecule is CC(C)(C)C(=O)Oc1ccc2c(c1)SCC(Br)=C2c1ccc(O[C@H]2CCN(CCCF)C2)nc1. The zero-order valence-electron chi connectivity index (χ0n) is 19.8. The van der Waals surface area contributed by atoms with E-state index >= 15 is 0 Å². The number of esters is 1. The van der Waals surface area contributed by atoms with Gasteiger partial charge in [-0.2, -0.15) is 0 Å². The van der Waals surface area contributed by atoms with Gasteiger partial charge in [0.15, 0.2) is 0 Å². The molecular formula is C26H30BrFN2O3S. The van der Waals surface area contributed by atoms with Crippen LogP contribution in [0, 0.1) is 5.41 Å². The smallest absolute Gasteiger partial charge is 0.316 e. The maximum Gasteiger partial charge on any atom is 0.316 e. The fraction of sp³-hybridized carbons (Fsp3) is 0.462. The lowest BCUT2D eigenvalue weighted by molar-refractivity contribution is -0.143. The summed E-state index contributed by atoms with van der Waals surface area (Å²) in [7, 11) is 0. The van der Waals surface area contributed by atoms with Gasteiger partial charge in [0.1, 0.15) is 11.9 Å². The molecule has 34 heavy (non-hydrogen) atoms. The molecule has 8 heteroatoms. The molecule has 3 heterocycles. The van der Waals surface area contributed by atoms with Crippen LogP contribution in [0.5, 0.6) is 11.6 Å². The number of aromatic nitrogens is 1. The topological polar surface area (TPSA) is 51.7 Å². The molecule has 0 radical (unpaired) electrons. The molecule has 182 valence electrons. The molecule has 2 aliphatic rings. The molecule has 0 amide bonds. The highest BCUT2D eigenvalue weighted by Gasteiger charge is 2.26. The number of fused-ring (bicyclic) bond motifs is 1. The minimum atomic E-state index is -0.558. The van der Waals surface area contributed by atoms with Crippen molar-refractivity contribution in [1.29, 1.82) is 0 Å². The second-order valence-corrected chi connectivity index (χ2v) is 11.6. The second kappa shape index (κ2) is 10.8. The van der Waals surface area contributed by atoms with Crippen LogP contribution in [0.15, 0.2) is 45.9 Å². The summed E-state index contributed by atoms with van der Waals surface area (Å²) in [6.07, 6.45) is 3.43. The zero-order chi connectivity index (χ0) is 24.3. The van der Waals surface area contributed by atoms with Gasteiger partial charge in [-0.1, -0.05) is 15.9 Å². The molecule has 1 aromatic heterocycles. The fourth-order valence-electron chi connectivity index (χ4n) is 3.97. The first-order valence-corrected chi connectivity index (χ1v) is 13.3. The number of ether oxygens (including phenoxy) is 2. The van der Waals surface area contributed by atoms with Gasteiger partial charge < -0.3 is 9.47 Å². The van der Waals surface area contributed by atoms with Crippen LogP contribution in [0.25, 0.3) is 5.57 Å². The number of rotatable bonds is 7. The van der Waals surface area contributed by atoms with Crippen molar-refractivity contribution in [3.8, 4) is 11.6 Å². The van der Waals surface area contributed by atoms with E-state index in [0.29, 0.717) is 18.1 Å². The first-order chi connectivity index (χ1) is 16.2. The van der Waals surface area contributed by atoms with E-state index < -0.39 is 5.41 Å². The van der Waals surface area contributed by atoms with Crippen molar-refractivity contribution in [2.75, 3.05) is 32.1 Å². The molecular weight excluding hydrogens is 519 g/mol. The summed E-state index contributed by atoms with van der Waals surface area (Å²) in [5.41, 5.74) is 2.60. The average Bonchev–Trinajstić information content (AvgIpc) is 3.25. The molecule has 1 aromatic carbocycles. The Morgan fingerprint density at radius 2 is 2.12 bits per heavy atom. The Bertz CT molecular complexity index is 1070. The van der Waals surface area contributed by atoms with Gasteiger partial charge in [-0.05, 0) is 63.4 Å². The Morgan fingerprint density at radius 3 is 2.82 bits per heavy atom. The first kappa shape index (κ1) is 25.2. The molecule has 5 nitrogen and oxygen atoms in total. The first-order valence-electron chi connectivity index (χ1n) is 11.5. The minimum Gasteiger partial charge on any atom is -0.473 e. The lowest BCUT2D eigenvalue weighted by atomic mass is 9.97. The average molecular weight is 550 g/mol. The number of hydrogen-bond donors (Lipinski definition) is 0. The van der Waals surface area contributed by atoms with Crippen molar-refractivity contribution in [3.63, 3.8) is 0 Å². The van der Waals surface area contributed by atoms with Crippen molar-refractivity contribution in [2.24, 2.45) is 5.41 Å². The maximum absolute atomic E-state index is 12.4. The highest BCUT2D eigenvalue weighted by molar-refractivity contribution is 9.12. The van der Waals surface area contributed by atoms with E-state index in [4.69, 9.17) is 9.47 Å². The maximum atomic E-state index is 12.4. The van der Waals surface area contributed by atoms with E-state index in [9.17, 15) is 9.18 Å². The summed E-state index contributed by atoms with van der Waals surface area (Å²) in [5.74, 6) is 1.70. The Balaban J connectivity index is 1.47. The van der Waals surface area contributed by atoms with Crippen LogP contribution in [0.4, 0.5) is 4.39 Å². The third-order valence-electron chi connectivity index (χ3n) is 5.82. The largest absolute Gasteiger partial charge is 0.473 e. The number of carbonyl (C=O) groups excluding carboxylic acids is 1. The third-order valence-corrected chi connectivity index (χ3v) is 7.95. The Kier molecular flexibility index (Phi) is 8.00. The van der Waals surface area contributed by atoms with Gasteiger partial charge >= 0.3 is 5.97 Å². The normalized spacial score (nSPS) is 18.7. The van der Waals surface area contributed by atoms with Gasteiger partial charge in [0.05, 0.1) is 12.1 Å². The van der Waals surface area contributed by atoms with Crippen LogP contribution in [-0.2, 0) is 4.79 Å². The summed E-state index contributed by atoms with van der Waals surface area (Å²) in [4.78, 5) is 20.1. The number of pyridine rings is 1. The number of halogens is 2. The summed E-state index contributed by atoms with van der Waals surface area (Å²) < 4.78 is 25.2. The quantitative estimate of drug-likeness (QED) is 0.307. The summed E-state index contributed by atoms with van der Waals surface area (Å²) in [5, 5.41) is 0. The highest BCUT2D eigenvalue weighted by atomic mass is 79.9. The molecule has 0 bridgehead atoms. The summed E-state index contributed by atoms with van der Waals surface area (Å²) >= 11 is 5.45. The van der Waals surface area contributed by atoms with Gasteiger partial charge in [0.2, 0.25) is 5.88 Å². The van der Waals surface area contributed by atoms with Crippen LogP contribution < -0.4 is 9.47 Å². The summed E-state index contributed by atoms with van der Waals surface area (Å²) in [6.45, 7) is 7.78. The van der Waals surface area contributed by atoms with Gasteiger partial charge in [-0.3, -0.25) is 14.1 Å². The van der Waals surface area contributed by atoms with Crippen LogP contribution in [-0.4, -0.2) is 54.0 Å². The number of hydrogen-bond acceptors (Lipinski definition) is 6. The minimum absolute atomic E-state index is 0.0879. The summed E-state index contributed by atoms with van der Waals surface area (Å²) in [6, 6.07) is 9.71. The van der Waals surface area contributed by atoms with E-state index in [-0.39, 0.29) is 18.7 Å². The van der Waals surface area contributed by atoms with E-state index in [0.717, 1.165) is 57.9 Å².